The van der Waals surface area contributed by atoms with Gasteiger partial charge in [-0.1, -0.05) is 6.08 Å². The van der Waals surface area contributed by atoms with Crippen LogP contribution in [0.1, 0.15) is 30.4 Å². The second-order valence-corrected chi connectivity index (χ2v) is 6.80. The monoisotopic (exact) mass is 367 g/mol. The van der Waals surface area contributed by atoms with Crippen LogP contribution in [0.15, 0.2) is 36.8 Å². The molecule has 1 aliphatic heterocycles. The number of hydrogen-bond acceptors (Lipinski definition) is 7. The first kappa shape index (κ1) is 18.9. The van der Waals surface area contributed by atoms with Crippen molar-refractivity contribution in [3.8, 4) is 0 Å². The van der Waals surface area contributed by atoms with E-state index in [-0.39, 0.29) is 11.9 Å². The molecule has 1 saturated heterocycles. The first-order valence-corrected chi connectivity index (χ1v) is 9.03. The first-order chi connectivity index (χ1) is 13.0. The van der Waals surface area contributed by atoms with E-state index in [9.17, 15) is 4.79 Å². The van der Waals surface area contributed by atoms with E-state index in [1.54, 1.807) is 24.7 Å². The Morgan fingerprint density at radius 2 is 2.19 bits per heavy atom. The third-order valence-electron chi connectivity index (χ3n) is 4.29. The summed E-state index contributed by atoms with van der Waals surface area (Å²) in [5, 5.41) is 3.15. The van der Waals surface area contributed by atoms with Crippen molar-refractivity contribution < 1.29 is 4.79 Å². The molecule has 1 amide bonds. The molecule has 142 valence electrons. The summed E-state index contributed by atoms with van der Waals surface area (Å²) in [6.45, 7) is 3.33. The summed E-state index contributed by atoms with van der Waals surface area (Å²) < 4.78 is 0. The molecule has 1 atom stereocenters. The molecule has 1 aliphatic rings. The van der Waals surface area contributed by atoms with E-state index in [2.05, 4.69) is 25.3 Å². The number of likely N-dealkylation sites (tertiary alicyclic amines) is 1. The second kappa shape index (κ2) is 8.68. The van der Waals surface area contributed by atoms with Crippen LogP contribution in [0.4, 0.5) is 11.6 Å². The maximum Gasteiger partial charge on any atom is 0.246 e. The van der Waals surface area contributed by atoms with Crippen molar-refractivity contribution in [1.29, 1.82) is 0 Å². The number of amides is 1. The fourth-order valence-corrected chi connectivity index (χ4v) is 3.12. The predicted octanol–water partition coefficient (Wildman–Crippen LogP) is 2.10. The lowest BCUT2D eigenvalue weighted by atomic mass is 10.1. The van der Waals surface area contributed by atoms with Gasteiger partial charge < -0.3 is 15.1 Å². The molecule has 0 spiro atoms. The van der Waals surface area contributed by atoms with Crippen molar-refractivity contribution in [2.45, 2.75) is 25.8 Å². The Morgan fingerprint density at radius 3 is 2.93 bits per heavy atom. The number of nitrogens with zero attached hydrogens (tertiary/aromatic N) is 6. The number of nitrogens with one attached hydrogen (secondary N) is 1. The van der Waals surface area contributed by atoms with Crippen molar-refractivity contribution in [3.63, 3.8) is 0 Å². The molecular formula is C19H25N7O. The summed E-state index contributed by atoms with van der Waals surface area (Å²) in [6, 6.07) is 1.85. The van der Waals surface area contributed by atoms with Gasteiger partial charge in [0.1, 0.15) is 17.5 Å². The Bertz CT molecular complexity index is 807. The Morgan fingerprint density at radius 1 is 1.33 bits per heavy atom. The van der Waals surface area contributed by atoms with E-state index in [4.69, 9.17) is 0 Å². The average Bonchev–Trinajstić information content (AvgIpc) is 3.11. The fraction of sp³-hybridized carbons (Fsp3) is 0.421. The highest BCUT2D eigenvalue weighted by Crippen LogP contribution is 2.32. The lowest BCUT2D eigenvalue weighted by Crippen LogP contribution is -2.30. The van der Waals surface area contributed by atoms with Gasteiger partial charge in [-0.25, -0.2) is 15.0 Å². The second-order valence-electron chi connectivity index (χ2n) is 6.80. The zero-order chi connectivity index (χ0) is 19.2. The Labute approximate surface area is 159 Å². The van der Waals surface area contributed by atoms with Gasteiger partial charge in [0.05, 0.1) is 17.9 Å². The fourth-order valence-electron chi connectivity index (χ4n) is 3.12. The van der Waals surface area contributed by atoms with E-state index in [1.807, 2.05) is 43.0 Å². The molecule has 1 unspecified atom stereocenters. The minimum Gasteiger partial charge on any atom is -0.331 e. The SMILES string of the molecule is Cc1nc(Nc2cnccn2)cc(C2CCCN2C(=O)/C=C/CN(C)C)n1. The highest BCUT2D eigenvalue weighted by molar-refractivity contribution is 5.88. The molecule has 0 aromatic carbocycles. The lowest BCUT2D eigenvalue weighted by Gasteiger charge is -2.23. The van der Waals surface area contributed by atoms with Crippen LogP contribution in [0, 0.1) is 6.92 Å². The number of carbonyl (C=O) groups is 1. The average molecular weight is 367 g/mol. The molecule has 8 heteroatoms. The van der Waals surface area contributed by atoms with E-state index in [1.165, 1.54) is 0 Å². The van der Waals surface area contributed by atoms with Crippen molar-refractivity contribution in [3.05, 3.63) is 48.3 Å². The number of hydrogen-bond donors (Lipinski definition) is 1. The molecule has 8 nitrogen and oxygen atoms in total. The normalized spacial score (nSPS) is 17.0. The maximum atomic E-state index is 12.6. The third-order valence-corrected chi connectivity index (χ3v) is 4.29. The molecule has 0 saturated carbocycles. The van der Waals surface area contributed by atoms with E-state index >= 15 is 0 Å². The summed E-state index contributed by atoms with van der Waals surface area (Å²) in [7, 11) is 3.95. The largest absolute Gasteiger partial charge is 0.331 e. The minimum atomic E-state index is -0.0365. The molecule has 0 bridgehead atoms. The number of anilines is 2. The van der Waals surface area contributed by atoms with E-state index in [0.717, 1.165) is 31.6 Å². The van der Waals surface area contributed by atoms with Gasteiger partial charge in [-0.05, 0) is 33.9 Å². The predicted molar refractivity (Wildman–Crippen MR) is 103 cm³/mol. The van der Waals surface area contributed by atoms with Crippen LogP contribution in [0.5, 0.6) is 0 Å². The van der Waals surface area contributed by atoms with Crippen LogP contribution in [-0.4, -0.2) is 62.8 Å². The van der Waals surface area contributed by atoms with Crippen molar-refractivity contribution in [1.82, 2.24) is 29.7 Å². The van der Waals surface area contributed by atoms with Crippen molar-refractivity contribution in [2.75, 3.05) is 32.5 Å². The summed E-state index contributed by atoms with van der Waals surface area (Å²) in [5.41, 5.74) is 0.848. The minimum absolute atomic E-state index is 0.0269. The molecule has 0 radical (unpaired) electrons. The van der Waals surface area contributed by atoms with Gasteiger partial charge >= 0.3 is 0 Å². The molecule has 1 N–H and O–H groups in total. The number of carbonyl (C=O) groups excluding carboxylic acids is 1. The number of rotatable bonds is 6. The molecule has 3 heterocycles. The van der Waals surface area contributed by atoms with Crippen LogP contribution >= 0.6 is 0 Å². The van der Waals surface area contributed by atoms with Gasteiger partial charge in [-0.3, -0.25) is 9.78 Å². The topological polar surface area (TPSA) is 87.1 Å². The van der Waals surface area contributed by atoms with Crippen LogP contribution in [0.2, 0.25) is 0 Å². The summed E-state index contributed by atoms with van der Waals surface area (Å²) in [5.74, 6) is 1.95. The molecular weight excluding hydrogens is 342 g/mol. The third kappa shape index (κ3) is 5.07. The molecule has 3 rings (SSSR count). The zero-order valence-electron chi connectivity index (χ0n) is 16.0. The smallest absolute Gasteiger partial charge is 0.246 e. The van der Waals surface area contributed by atoms with Gasteiger partial charge in [-0.15, -0.1) is 0 Å². The van der Waals surface area contributed by atoms with Crippen LogP contribution in [-0.2, 0) is 4.79 Å². The van der Waals surface area contributed by atoms with Gasteiger partial charge in [0.2, 0.25) is 5.91 Å². The number of likely N-dealkylation sites (N-methyl/N-ethyl adjacent to an activating group) is 1. The molecule has 27 heavy (non-hydrogen) atoms. The standard InChI is InChI=1S/C19H25N7O/c1-14-22-15(12-17(23-14)24-18-13-20-8-9-21-18)16-6-4-11-26(16)19(27)7-5-10-25(2)3/h5,7-9,12-13,16H,4,6,10-11H2,1-3H3,(H,21,22,23,24)/b7-5+. The van der Waals surface area contributed by atoms with Crippen molar-refractivity contribution >= 4 is 17.5 Å². The first-order valence-electron chi connectivity index (χ1n) is 9.03. The summed E-state index contributed by atoms with van der Waals surface area (Å²) >= 11 is 0. The Kier molecular flexibility index (Phi) is 6.08. The highest BCUT2D eigenvalue weighted by atomic mass is 16.2. The van der Waals surface area contributed by atoms with Crippen LogP contribution in [0.25, 0.3) is 0 Å². The maximum absolute atomic E-state index is 12.6. The van der Waals surface area contributed by atoms with Gasteiger partial charge in [0.25, 0.3) is 0 Å². The van der Waals surface area contributed by atoms with E-state index < -0.39 is 0 Å². The van der Waals surface area contributed by atoms with Crippen molar-refractivity contribution in [2.24, 2.45) is 0 Å². The highest BCUT2D eigenvalue weighted by Gasteiger charge is 2.30. The Balaban J connectivity index is 1.78. The van der Waals surface area contributed by atoms with Gasteiger partial charge in [0.15, 0.2) is 0 Å². The van der Waals surface area contributed by atoms with E-state index in [0.29, 0.717) is 17.5 Å². The van der Waals surface area contributed by atoms with Crippen LogP contribution in [0.3, 0.4) is 0 Å². The molecule has 1 fully saturated rings. The molecule has 0 aliphatic carbocycles. The van der Waals surface area contributed by atoms with Crippen LogP contribution < -0.4 is 5.32 Å². The van der Waals surface area contributed by atoms with Gasteiger partial charge in [0, 0.05) is 37.6 Å². The Hall–Kier alpha value is -2.87. The number of aryl methyl sites for hydroxylation is 1. The molecule has 2 aromatic heterocycles. The zero-order valence-corrected chi connectivity index (χ0v) is 16.0. The number of aromatic nitrogens is 4. The molecule has 2 aromatic rings. The lowest BCUT2D eigenvalue weighted by molar-refractivity contribution is -0.127. The quantitative estimate of drug-likeness (QED) is 0.782. The summed E-state index contributed by atoms with van der Waals surface area (Å²) in [4.78, 5) is 33.8. The van der Waals surface area contributed by atoms with Gasteiger partial charge in [-0.2, -0.15) is 0 Å². The summed E-state index contributed by atoms with van der Waals surface area (Å²) in [6.07, 6.45) is 10.3.